The van der Waals surface area contributed by atoms with Crippen molar-refractivity contribution in [3.05, 3.63) is 18.0 Å². The molecule has 2 heterocycles. The molecule has 0 bridgehead atoms. The number of hydrogen-bond acceptors (Lipinski definition) is 5. The summed E-state index contributed by atoms with van der Waals surface area (Å²) in [4.78, 5) is 0. The van der Waals surface area contributed by atoms with Crippen molar-refractivity contribution in [1.82, 2.24) is 15.2 Å². The zero-order chi connectivity index (χ0) is 12.1. The first-order valence-corrected chi connectivity index (χ1v) is 7.38. The highest BCUT2D eigenvalue weighted by molar-refractivity contribution is 7.89. The molecule has 7 heteroatoms. The van der Waals surface area contributed by atoms with Crippen LogP contribution in [0.15, 0.2) is 16.9 Å². The maximum Gasteiger partial charge on any atom is 0.212 e. The van der Waals surface area contributed by atoms with Crippen LogP contribution in [-0.2, 0) is 16.6 Å². The van der Waals surface area contributed by atoms with Crippen LogP contribution in [0.2, 0.25) is 0 Å². The Kier molecular flexibility index (Phi) is 4.14. The van der Waals surface area contributed by atoms with Crippen LogP contribution in [0.25, 0.3) is 0 Å². The van der Waals surface area contributed by atoms with Crippen molar-refractivity contribution in [1.29, 1.82) is 0 Å². The summed E-state index contributed by atoms with van der Waals surface area (Å²) in [5.41, 5.74) is 0.596. The first kappa shape index (κ1) is 12.5. The zero-order valence-corrected chi connectivity index (χ0v) is 10.4. The van der Waals surface area contributed by atoms with E-state index in [4.69, 9.17) is 0 Å². The minimum Gasteiger partial charge on any atom is -0.364 e. The summed E-state index contributed by atoms with van der Waals surface area (Å²) in [7, 11) is -3.22. The normalized spacial score (nSPS) is 18.4. The molecule has 2 rings (SSSR count). The highest BCUT2D eigenvalue weighted by atomic mass is 32.2. The molecule has 2 N–H and O–H groups in total. The van der Waals surface area contributed by atoms with Gasteiger partial charge in [-0.3, -0.25) is 0 Å². The van der Waals surface area contributed by atoms with E-state index in [1.54, 1.807) is 6.07 Å². The Bertz CT molecular complexity index is 424. The van der Waals surface area contributed by atoms with E-state index in [-0.39, 0.29) is 18.2 Å². The SMILES string of the molecule is O=S(=O)(CC1CCNCC1)NCc1ccon1. The van der Waals surface area contributed by atoms with Gasteiger partial charge in [0.15, 0.2) is 0 Å². The van der Waals surface area contributed by atoms with Gasteiger partial charge in [-0.25, -0.2) is 13.1 Å². The van der Waals surface area contributed by atoms with Crippen LogP contribution in [-0.4, -0.2) is 32.4 Å². The average molecular weight is 259 g/mol. The van der Waals surface area contributed by atoms with Gasteiger partial charge in [-0.05, 0) is 31.8 Å². The second kappa shape index (κ2) is 5.61. The Morgan fingerprint density at radius 3 is 2.88 bits per heavy atom. The van der Waals surface area contributed by atoms with Gasteiger partial charge >= 0.3 is 0 Å². The van der Waals surface area contributed by atoms with Gasteiger partial charge in [-0.15, -0.1) is 0 Å². The lowest BCUT2D eigenvalue weighted by molar-refractivity contribution is 0.399. The molecule has 0 saturated carbocycles. The fourth-order valence-electron chi connectivity index (χ4n) is 1.93. The standard InChI is InChI=1S/C10H17N3O3S/c14-17(15,8-9-1-4-11-5-2-9)12-7-10-3-6-16-13-10/h3,6,9,11-12H,1-2,4-5,7-8H2. The minimum atomic E-state index is -3.22. The minimum absolute atomic E-state index is 0.198. The molecular weight excluding hydrogens is 242 g/mol. The van der Waals surface area contributed by atoms with E-state index >= 15 is 0 Å². The quantitative estimate of drug-likeness (QED) is 0.783. The van der Waals surface area contributed by atoms with E-state index in [1.165, 1.54) is 6.26 Å². The van der Waals surface area contributed by atoms with Crippen LogP contribution in [0.4, 0.5) is 0 Å². The van der Waals surface area contributed by atoms with Crippen LogP contribution in [0.5, 0.6) is 0 Å². The smallest absolute Gasteiger partial charge is 0.212 e. The molecule has 6 nitrogen and oxygen atoms in total. The summed E-state index contributed by atoms with van der Waals surface area (Å²) < 4.78 is 30.8. The Morgan fingerprint density at radius 2 is 2.24 bits per heavy atom. The molecule has 1 aromatic rings. The second-order valence-corrected chi connectivity index (χ2v) is 6.14. The highest BCUT2D eigenvalue weighted by Crippen LogP contribution is 2.13. The Hall–Kier alpha value is -0.920. The molecule has 0 spiro atoms. The monoisotopic (exact) mass is 259 g/mol. The second-order valence-electron chi connectivity index (χ2n) is 4.29. The van der Waals surface area contributed by atoms with Crippen molar-refractivity contribution in [3.63, 3.8) is 0 Å². The first-order valence-electron chi connectivity index (χ1n) is 5.73. The number of nitrogens with one attached hydrogen (secondary N) is 2. The van der Waals surface area contributed by atoms with Crippen LogP contribution in [0.1, 0.15) is 18.5 Å². The van der Waals surface area contributed by atoms with Crippen LogP contribution in [0, 0.1) is 5.92 Å². The molecule has 0 radical (unpaired) electrons. The molecule has 0 atom stereocenters. The fraction of sp³-hybridized carbons (Fsp3) is 0.700. The molecule has 1 aliphatic heterocycles. The van der Waals surface area contributed by atoms with Gasteiger partial charge in [-0.2, -0.15) is 0 Å². The largest absolute Gasteiger partial charge is 0.364 e. The third kappa shape index (κ3) is 4.10. The predicted molar refractivity (Wildman–Crippen MR) is 62.7 cm³/mol. The number of rotatable bonds is 5. The Morgan fingerprint density at radius 1 is 1.47 bits per heavy atom. The van der Waals surface area contributed by atoms with Crippen molar-refractivity contribution >= 4 is 10.0 Å². The summed E-state index contributed by atoms with van der Waals surface area (Å²) in [6.07, 6.45) is 3.27. The van der Waals surface area contributed by atoms with E-state index in [9.17, 15) is 8.42 Å². The topological polar surface area (TPSA) is 84.2 Å². The maximum atomic E-state index is 11.8. The summed E-state index contributed by atoms with van der Waals surface area (Å²) in [6.45, 7) is 2.01. The number of piperidine rings is 1. The predicted octanol–water partition coefficient (Wildman–Crippen LogP) is 0.0936. The van der Waals surface area contributed by atoms with Crippen molar-refractivity contribution < 1.29 is 12.9 Å². The molecule has 1 aliphatic rings. The lowest BCUT2D eigenvalue weighted by Gasteiger charge is -2.22. The number of nitrogens with zero attached hydrogens (tertiary/aromatic N) is 1. The van der Waals surface area contributed by atoms with E-state index < -0.39 is 10.0 Å². The number of aromatic nitrogens is 1. The molecule has 17 heavy (non-hydrogen) atoms. The van der Waals surface area contributed by atoms with Gasteiger partial charge in [0, 0.05) is 6.07 Å². The highest BCUT2D eigenvalue weighted by Gasteiger charge is 2.20. The third-order valence-electron chi connectivity index (χ3n) is 2.88. The lowest BCUT2D eigenvalue weighted by atomic mass is 10.0. The van der Waals surface area contributed by atoms with E-state index in [2.05, 4.69) is 19.7 Å². The van der Waals surface area contributed by atoms with Crippen LogP contribution >= 0.6 is 0 Å². The molecule has 0 aliphatic carbocycles. The molecule has 96 valence electrons. The van der Waals surface area contributed by atoms with Gasteiger partial charge in [0.25, 0.3) is 0 Å². The zero-order valence-electron chi connectivity index (χ0n) is 9.55. The number of sulfonamides is 1. The van der Waals surface area contributed by atoms with Crippen molar-refractivity contribution in [2.24, 2.45) is 5.92 Å². The Labute approximate surface area is 101 Å². The molecule has 1 fully saturated rings. The van der Waals surface area contributed by atoms with Gasteiger partial charge in [-0.1, -0.05) is 5.16 Å². The summed E-state index contributed by atoms with van der Waals surface area (Å²) in [5, 5.41) is 6.87. The molecule has 1 aromatic heterocycles. The van der Waals surface area contributed by atoms with Gasteiger partial charge < -0.3 is 9.84 Å². The Balaban J connectivity index is 1.81. The average Bonchev–Trinajstić information content (AvgIpc) is 2.80. The van der Waals surface area contributed by atoms with Crippen molar-refractivity contribution in [3.8, 4) is 0 Å². The van der Waals surface area contributed by atoms with Crippen LogP contribution < -0.4 is 10.0 Å². The summed E-state index contributed by atoms with van der Waals surface area (Å²) >= 11 is 0. The molecule has 0 aromatic carbocycles. The number of hydrogen-bond donors (Lipinski definition) is 2. The van der Waals surface area contributed by atoms with Crippen LogP contribution in [0.3, 0.4) is 0 Å². The molecule has 0 unspecified atom stereocenters. The molecular formula is C10H17N3O3S. The molecule has 1 saturated heterocycles. The van der Waals surface area contributed by atoms with E-state index in [1.807, 2.05) is 0 Å². The summed E-state index contributed by atoms with van der Waals surface area (Å²) in [6, 6.07) is 1.65. The maximum absolute atomic E-state index is 11.8. The van der Waals surface area contributed by atoms with Crippen molar-refractivity contribution in [2.75, 3.05) is 18.8 Å². The molecule has 0 amide bonds. The van der Waals surface area contributed by atoms with Crippen molar-refractivity contribution in [2.45, 2.75) is 19.4 Å². The van der Waals surface area contributed by atoms with Gasteiger partial charge in [0.2, 0.25) is 10.0 Å². The lowest BCUT2D eigenvalue weighted by Crippen LogP contribution is -2.35. The fourth-order valence-corrected chi connectivity index (χ4v) is 3.37. The first-order chi connectivity index (χ1) is 8.16. The van der Waals surface area contributed by atoms with Gasteiger partial charge in [0.1, 0.15) is 6.26 Å². The van der Waals surface area contributed by atoms with Gasteiger partial charge in [0.05, 0.1) is 18.0 Å². The van der Waals surface area contributed by atoms with E-state index in [0.717, 1.165) is 25.9 Å². The third-order valence-corrected chi connectivity index (χ3v) is 4.37. The van der Waals surface area contributed by atoms with E-state index in [0.29, 0.717) is 5.69 Å². The summed E-state index contributed by atoms with van der Waals surface area (Å²) in [5.74, 6) is 0.457.